The Morgan fingerprint density at radius 2 is 1.88 bits per heavy atom. The minimum Gasteiger partial charge on any atom is -0.494 e. The molecule has 1 heterocycles. The quantitative estimate of drug-likeness (QED) is 0.892. The summed E-state index contributed by atoms with van der Waals surface area (Å²) in [6.45, 7) is 6.37. The summed E-state index contributed by atoms with van der Waals surface area (Å²) < 4.78 is 11.1. The Hall–Kier alpha value is -2.69. The van der Waals surface area contributed by atoms with Crippen LogP contribution in [0.15, 0.2) is 42.5 Å². The lowest BCUT2D eigenvalue weighted by Gasteiger charge is -2.29. The summed E-state index contributed by atoms with van der Waals surface area (Å²) in [5, 5.41) is 2.97. The smallest absolute Gasteiger partial charge is 0.322 e. The standard InChI is InChI=1S/C20H24N2O3/c1-3-24-17-10-9-15-11-12-22(14-16(15)13-17)20(23)21-18-7-5-6-8-19(18)25-4-2/h5-10,13H,3-4,11-12,14H2,1-2H3,(H,21,23). The van der Waals surface area contributed by atoms with Gasteiger partial charge in [0.15, 0.2) is 0 Å². The second kappa shape index (κ2) is 7.92. The zero-order chi connectivity index (χ0) is 17.6. The van der Waals surface area contributed by atoms with Gasteiger partial charge in [-0.25, -0.2) is 4.79 Å². The highest BCUT2D eigenvalue weighted by Crippen LogP contribution is 2.27. The lowest BCUT2D eigenvalue weighted by molar-refractivity contribution is 0.206. The second-order valence-corrected chi connectivity index (χ2v) is 5.89. The average Bonchev–Trinajstić information content (AvgIpc) is 2.63. The highest BCUT2D eigenvalue weighted by Gasteiger charge is 2.22. The van der Waals surface area contributed by atoms with E-state index in [2.05, 4.69) is 11.4 Å². The van der Waals surface area contributed by atoms with Crippen LogP contribution in [-0.4, -0.2) is 30.7 Å². The third kappa shape index (κ3) is 4.05. The normalized spacial score (nSPS) is 13.1. The zero-order valence-electron chi connectivity index (χ0n) is 14.7. The van der Waals surface area contributed by atoms with Gasteiger partial charge in [-0.3, -0.25) is 0 Å². The number of para-hydroxylation sites is 2. The van der Waals surface area contributed by atoms with Crippen LogP contribution in [0.25, 0.3) is 0 Å². The number of rotatable bonds is 5. The fourth-order valence-electron chi connectivity index (χ4n) is 3.01. The molecule has 0 bridgehead atoms. The predicted molar refractivity (Wildman–Crippen MR) is 98.4 cm³/mol. The van der Waals surface area contributed by atoms with Gasteiger partial charge in [0.25, 0.3) is 0 Å². The number of carbonyl (C=O) groups is 1. The Labute approximate surface area is 148 Å². The van der Waals surface area contributed by atoms with E-state index in [1.165, 1.54) is 5.56 Å². The van der Waals surface area contributed by atoms with Crippen molar-refractivity contribution in [3.8, 4) is 11.5 Å². The number of ether oxygens (including phenoxy) is 2. The van der Waals surface area contributed by atoms with Crippen molar-refractivity contribution in [2.75, 3.05) is 25.1 Å². The Morgan fingerprint density at radius 1 is 1.08 bits per heavy atom. The zero-order valence-corrected chi connectivity index (χ0v) is 14.7. The third-order valence-electron chi connectivity index (χ3n) is 4.22. The fourth-order valence-corrected chi connectivity index (χ4v) is 3.01. The summed E-state index contributed by atoms with van der Waals surface area (Å²) in [7, 11) is 0. The van der Waals surface area contributed by atoms with E-state index < -0.39 is 0 Å². The van der Waals surface area contributed by atoms with Crippen molar-refractivity contribution in [3.05, 3.63) is 53.6 Å². The van der Waals surface area contributed by atoms with E-state index in [4.69, 9.17) is 9.47 Å². The fraction of sp³-hybridized carbons (Fsp3) is 0.350. The monoisotopic (exact) mass is 340 g/mol. The molecule has 0 fully saturated rings. The summed E-state index contributed by atoms with van der Waals surface area (Å²) in [6, 6.07) is 13.5. The number of carbonyl (C=O) groups excluding carboxylic acids is 1. The summed E-state index contributed by atoms with van der Waals surface area (Å²) in [6.07, 6.45) is 0.849. The van der Waals surface area contributed by atoms with E-state index in [9.17, 15) is 4.79 Å². The molecule has 1 aliphatic rings. The molecule has 0 aromatic heterocycles. The van der Waals surface area contributed by atoms with Crippen molar-refractivity contribution in [1.29, 1.82) is 0 Å². The van der Waals surface area contributed by atoms with Crippen LogP contribution in [0.2, 0.25) is 0 Å². The van der Waals surface area contributed by atoms with Crippen molar-refractivity contribution in [1.82, 2.24) is 4.90 Å². The largest absolute Gasteiger partial charge is 0.494 e. The van der Waals surface area contributed by atoms with E-state index in [0.29, 0.717) is 37.7 Å². The molecule has 2 amide bonds. The maximum Gasteiger partial charge on any atom is 0.322 e. The van der Waals surface area contributed by atoms with Crippen LogP contribution in [0.3, 0.4) is 0 Å². The predicted octanol–water partition coefficient (Wildman–Crippen LogP) is 4.07. The molecule has 0 atom stereocenters. The maximum atomic E-state index is 12.7. The number of hydrogen-bond donors (Lipinski definition) is 1. The highest BCUT2D eigenvalue weighted by molar-refractivity contribution is 5.91. The van der Waals surface area contributed by atoms with Crippen LogP contribution in [0.4, 0.5) is 10.5 Å². The Kier molecular flexibility index (Phi) is 5.43. The van der Waals surface area contributed by atoms with Gasteiger partial charge >= 0.3 is 6.03 Å². The minimum absolute atomic E-state index is 0.111. The molecule has 3 rings (SSSR count). The van der Waals surface area contributed by atoms with Gasteiger partial charge in [-0.1, -0.05) is 18.2 Å². The van der Waals surface area contributed by atoms with Crippen molar-refractivity contribution in [2.45, 2.75) is 26.8 Å². The molecular formula is C20H24N2O3. The van der Waals surface area contributed by atoms with Gasteiger partial charge in [-0.05, 0) is 55.7 Å². The minimum atomic E-state index is -0.111. The molecule has 2 aromatic carbocycles. The van der Waals surface area contributed by atoms with E-state index in [1.807, 2.05) is 55.1 Å². The van der Waals surface area contributed by atoms with E-state index >= 15 is 0 Å². The van der Waals surface area contributed by atoms with Crippen LogP contribution in [-0.2, 0) is 13.0 Å². The number of nitrogens with zero attached hydrogens (tertiary/aromatic N) is 1. The molecule has 0 aliphatic carbocycles. The molecule has 132 valence electrons. The Morgan fingerprint density at radius 3 is 2.68 bits per heavy atom. The Balaban J connectivity index is 1.71. The van der Waals surface area contributed by atoms with Crippen molar-refractivity contribution in [2.24, 2.45) is 0 Å². The molecule has 0 saturated heterocycles. The molecule has 1 N–H and O–H groups in total. The first-order valence-corrected chi connectivity index (χ1v) is 8.73. The lowest BCUT2D eigenvalue weighted by atomic mass is 10.00. The van der Waals surface area contributed by atoms with E-state index in [0.717, 1.165) is 17.7 Å². The van der Waals surface area contributed by atoms with Gasteiger partial charge in [0.1, 0.15) is 11.5 Å². The van der Waals surface area contributed by atoms with Crippen molar-refractivity contribution in [3.63, 3.8) is 0 Å². The van der Waals surface area contributed by atoms with Gasteiger partial charge in [-0.15, -0.1) is 0 Å². The maximum absolute atomic E-state index is 12.7. The van der Waals surface area contributed by atoms with E-state index in [1.54, 1.807) is 0 Å². The third-order valence-corrected chi connectivity index (χ3v) is 4.22. The molecule has 5 heteroatoms. The first-order valence-electron chi connectivity index (χ1n) is 8.73. The SMILES string of the molecule is CCOc1ccc2c(c1)CN(C(=O)Nc1ccccc1OCC)CC2. The van der Waals surface area contributed by atoms with Crippen LogP contribution in [0, 0.1) is 0 Å². The Bertz CT molecular complexity index is 745. The van der Waals surface area contributed by atoms with Gasteiger partial charge in [0, 0.05) is 13.1 Å². The lowest BCUT2D eigenvalue weighted by Crippen LogP contribution is -2.38. The number of hydrogen-bond acceptors (Lipinski definition) is 3. The van der Waals surface area contributed by atoms with Crippen LogP contribution >= 0.6 is 0 Å². The van der Waals surface area contributed by atoms with Crippen molar-refractivity contribution >= 4 is 11.7 Å². The molecule has 0 unspecified atom stereocenters. The molecular weight excluding hydrogens is 316 g/mol. The molecule has 0 spiro atoms. The van der Waals surface area contributed by atoms with E-state index in [-0.39, 0.29) is 6.03 Å². The summed E-state index contributed by atoms with van der Waals surface area (Å²) in [5.74, 6) is 1.54. The number of amides is 2. The molecule has 0 radical (unpaired) electrons. The number of nitrogens with one attached hydrogen (secondary N) is 1. The number of benzene rings is 2. The topological polar surface area (TPSA) is 50.8 Å². The number of urea groups is 1. The molecule has 25 heavy (non-hydrogen) atoms. The first-order chi connectivity index (χ1) is 12.2. The van der Waals surface area contributed by atoms with Gasteiger partial charge in [0.05, 0.1) is 18.9 Å². The average molecular weight is 340 g/mol. The van der Waals surface area contributed by atoms with Crippen LogP contribution in [0.5, 0.6) is 11.5 Å². The van der Waals surface area contributed by atoms with Crippen LogP contribution in [0.1, 0.15) is 25.0 Å². The second-order valence-electron chi connectivity index (χ2n) is 5.89. The summed E-state index contributed by atoms with van der Waals surface area (Å²) in [5.41, 5.74) is 3.12. The number of anilines is 1. The van der Waals surface area contributed by atoms with Crippen LogP contribution < -0.4 is 14.8 Å². The summed E-state index contributed by atoms with van der Waals surface area (Å²) in [4.78, 5) is 14.5. The molecule has 5 nitrogen and oxygen atoms in total. The first kappa shape index (κ1) is 17.1. The molecule has 1 aliphatic heterocycles. The number of fused-ring (bicyclic) bond motifs is 1. The van der Waals surface area contributed by atoms with Gasteiger partial charge in [0.2, 0.25) is 0 Å². The van der Waals surface area contributed by atoms with Crippen molar-refractivity contribution < 1.29 is 14.3 Å². The highest BCUT2D eigenvalue weighted by atomic mass is 16.5. The molecule has 2 aromatic rings. The van der Waals surface area contributed by atoms with Gasteiger partial charge < -0.3 is 19.7 Å². The summed E-state index contributed by atoms with van der Waals surface area (Å²) >= 11 is 0. The van der Waals surface area contributed by atoms with Gasteiger partial charge in [-0.2, -0.15) is 0 Å². The molecule has 0 saturated carbocycles.